The van der Waals surface area contributed by atoms with Crippen molar-refractivity contribution in [2.75, 3.05) is 30.5 Å². The number of anilines is 1. The van der Waals surface area contributed by atoms with Gasteiger partial charge in [-0.05, 0) is 43.9 Å². The second kappa shape index (κ2) is 8.28. The van der Waals surface area contributed by atoms with E-state index in [0.29, 0.717) is 6.61 Å². The lowest BCUT2D eigenvalue weighted by Gasteiger charge is -2.10. The van der Waals surface area contributed by atoms with Gasteiger partial charge in [0.15, 0.2) is 11.6 Å². The summed E-state index contributed by atoms with van der Waals surface area (Å²) in [5, 5.41) is 3.31. The van der Waals surface area contributed by atoms with E-state index in [4.69, 9.17) is 4.74 Å². The molecule has 1 N–H and O–H groups in total. The van der Waals surface area contributed by atoms with Crippen LogP contribution in [0, 0.1) is 0 Å². The lowest BCUT2D eigenvalue weighted by atomic mass is 10.3. The molecular weight excluding hydrogens is 220 g/mol. The van der Waals surface area contributed by atoms with Gasteiger partial charge in [-0.1, -0.05) is 0 Å². The minimum Gasteiger partial charge on any atom is -0.490 e. The van der Waals surface area contributed by atoms with E-state index in [-0.39, 0.29) is 0 Å². The molecule has 1 heterocycles. The van der Waals surface area contributed by atoms with Crippen LogP contribution in [0.15, 0.2) is 18.3 Å². The molecule has 0 unspecified atom stereocenters. The summed E-state index contributed by atoms with van der Waals surface area (Å²) in [5.41, 5.74) is 0. The minimum absolute atomic E-state index is 0.673. The van der Waals surface area contributed by atoms with Crippen molar-refractivity contribution in [3.63, 3.8) is 0 Å². The largest absolute Gasteiger partial charge is 0.490 e. The number of unbranched alkanes of at least 4 members (excludes halogenated alkanes) is 1. The lowest BCUT2D eigenvalue weighted by molar-refractivity contribution is 0.340. The Balaban J connectivity index is 2.34. The van der Waals surface area contributed by atoms with Crippen LogP contribution in [0.1, 0.15) is 19.8 Å². The fourth-order valence-electron chi connectivity index (χ4n) is 1.37. The molecule has 1 rings (SSSR count). The van der Waals surface area contributed by atoms with E-state index in [1.165, 1.54) is 18.6 Å². The maximum Gasteiger partial charge on any atom is 0.168 e. The summed E-state index contributed by atoms with van der Waals surface area (Å²) in [4.78, 5) is 4.27. The highest BCUT2D eigenvalue weighted by Crippen LogP contribution is 2.20. The van der Waals surface area contributed by atoms with Gasteiger partial charge >= 0.3 is 0 Å². The molecule has 0 fully saturated rings. The fraction of sp³-hybridized carbons (Fsp3) is 0.583. The van der Waals surface area contributed by atoms with Gasteiger partial charge in [-0.15, -0.1) is 0 Å². The first kappa shape index (κ1) is 13.2. The predicted octanol–water partition coefficient (Wildman–Crippen LogP) is 3.04. The zero-order valence-corrected chi connectivity index (χ0v) is 10.8. The highest BCUT2D eigenvalue weighted by molar-refractivity contribution is 7.98. The summed E-state index contributed by atoms with van der Waals surface area (Å²) in [5.74, 6) is 2.92. The summed E-state index contributed by atoms with van der Waals surface area (Å²) in [6.07, 6.45) is 6.33. The van der Waals surface area contributed by atoms with Crippen LogP contribution >= 0.6 is 11.8 Å². The monoisotopic (exact) mass is 240 g/mol. The Hall–Kier alpha value is -0.900. The number of hydrogen-bond acceptors (Lipinski definition) is 4. The molecule has 0 spiro atoms. The molecule has 0 aromatic carbocycles. The number of ether oxygens (including phenoxy) is 1. The molecule has 0 aliphatic rings. The fourth-order valence-corrected chi connectivity index (χ4v) is 1.87. The number of aromatic nitrogens is 1. The maximum absolute atomic E-state index is 5.49. The van der Waals surface area contributed by atoms with Gasteiger partial charge in [0.1, 0.15) is 0 Å². The van der Waals surface area contributed by atoms with E-state index in [9.17, 15) is 0 Å². The van der Waals surface area contributed by atoms with Gasteiger partial charge < -0.3 is 10.1 Å². The third-order valence-corrected chi connectivity index (χ3v) is 2.84. The maximum atomic E-state index is 5.49. The molecule has 0 saturated heterocycles. The zero-order valence-electron chi connectivity index (χ0n) is 10.0. The van der Waals surface area contributed by atoms with E-state index in [2.05, 4.69) is 16.6 Å². The molecule has 16 heavy (non-hydrogen) atoms. The van der Waals surface area contributed by atoms with Gasteiger partial charge in [0.2, 0.25) is 0 Å². The first-order valence-corrected chi connectivity index (χ1v) is 7.08. The number of nitrogens with one attached hydrogen (secondary N) is 1. The molecule has 0 atom stereocenters. The number of thioether (sulfide) groups is 1. The number of rotatable bonds is 8. The first-order valence-electron chi connectivity index (χ1n) is 5.69. The molecular formula is C12H20N2OS. The van der Waals surface area contributed by atoms with E-state index < -0.39 is 0 Å². The standard InChI is InChI=1S/C12H20N2OS/c1-3-15-11-7-6-9-14-12(11)13-8-4-5-10-16-2/h6-7,9H,3-5,8,10H2,1-2H3,(H,13,14). The Morgan fingerprint density at radius 2 is 2.31 bits per heavy atom. The van der Waals surface area contributed by atoms with Crippen LogP contribution in [0.3, 0.4) is 0 Å². The van der Waals surface area contributed by atoms with E-state index in [1.54, 1.807) is 6.20 Å². The Kier molecular flexibility index (Phi) is 6.81. The highest BCUT2D eigenvalue weighted by atomic mass is 32.2. The Labute approximate surface area is 102 Å². The predicted molar refractivity (Wildman–Crippen MR) is 71.5 cm³/mol. The third kappa shape index (κ3) is 4.75. The summed E-state index contributed by atoms with van der Waals surface area (Å²) in [6.45, 7) is 3.61. The number of nitrogens with zero attached hydrogens (tertiary/aromatic N) is 1. The van der Waals surface area contributed by atoms with Crippen LogP contribution in [0.5, 0.6) is 5.75 Å². The summed E-state index contributed by atoms with van der Waals surface area (Å²) in [7, 11) is 0. The van der Waals surface area contributed by atoms with Crippen LogP contribution in [0.25, 0.3) is 0 Å². The smallest absolute Gasteiger partial charge is 0.168 e. The zero-order chi connectivity index (χ0) is 11.6. The molecule has 1 aromatic rings. The van der Waals surface area contributed by atoms with Gasteiger partial charge in [0, 0.05) is 12.7 Å². The molecule has 3 nitrogen and oxygen atoms in total. The van der Waals surface area contributed by atoms with Gasteiger partial charge in [-0.3, -0.25) is 0 Å². The molecule has 0 amide bonds. The molecule has 0 aliphatic heterocycles. The minimum atomic E-state index is 0.673. The second-order valence-electron chi connectivity index (χ2n) is 3.41. The molecule has 4 heteroatoms. The molecule has 0 bridgehead atoms. The summed E-state index contributed by atoms with van der Waals surface area (Å²) < 4.78 is 5.49. The molecule has 0 aliphatic carbocycles. The van der Waals surface area contributed by atoms with E-state index in [0.717, 1.165) is 18.1 Å². The van der Waals surface area contributed by atoms with Gasteiger partial charge in [-0.25, -0.2) is 4.98 Å². The van der Waals surface area contributed by atoms with Gasteiger partial charge in [-0.2, -0.15) is 11.8 Å². The van der Waals surface area contributed by atoms with Crippen molar-refractivity contribution >= 4 is 17.6 Å². The van der Waals surface area contributed by atoms with E-state index in [1.807, 2.05) is 30.8 Å². The molecule has 1 aromatic heterocycles. The Bertz CT molecular complexity index is 294. The van der Waals surface area contributed by atoms with Crippen molar-refractivity contribution in [2.45, 2.75) is 19.8 Å². The van der Waals surface area contributed by atoms with Crippen LogP contribution < -0.4 is 10.1 Å². The highest BCUT2D eigenvalue weighted by Gasteiger charge is 2.02. The normalized spacial score (nSPS) is 10.1. The van der Waals surface area contributed by atoms with Crippen LogP contribution in [0.2, 0.25) is 0 Å². The SMILES string of the molecule is CCOc1cccnc1NCCCCSC. The quantitative estimate of drug-likeness (QED) is 0.708. The molecule has 0 radical (unpaired) electrons. The van der Waals surface area contributed by atoms with E-state index >= 15 is 0 Å². The van der Waals surface area contributed by atoms with Gasteiger partial charge in [0.05, 0.1) is 6.61 Å². The lowest BCUT2D eigenvalue weighted by Crippen LogP contribution is -2.06. The Morgan fingerprint density at radius 1 is 1.44 bits per heavy atom. The average Bonchev–Trinajstić information content (AvgIpc) is 2.31. The first-order chi connectivity index (χ1) is 7.88. The van der Waals surface area contributed by atoms with Crippen LogP contribution in [-0.4, -0.2) is 30.1 Å². The van der Waals surface area contributed by atoms with Gasteiger partial charge in [0.25, 0.3) is 0 Å². The van der Waals surface area contributed by atoms with Crippen molar-refractivity contribution in [3.8, 4) is 5.75 Å². The molecule has 0 saturated carbocycles. The summed E-state index contributed by atoms with van der Waals surface area (Å²) in [6, 6.07) is 3.84. The molecule has 90 valence electrons. The second-order valence-corrected chi connectivity index (χ2v) is 4.40. The van der Waals surface area contributed by atoms with Crippen molar-refractivity contribution in [1.29, 1.82) is 0 Å². The number of pyridine rings is 1. The number of hydrogen-bond donors (Lipinski definition) is 1. The van der Waals surface area contributed by atoms with Crippen molar-refractivity contribution in [1.82, 2.24) is 4.98 Å². The third-order valence-electron chi connectivity index (χ3n) is 2.14. The Morgan fingerprint density at radius 3 is 3.06 bits per heavy atom. The van der Waals surface area contributed by atoms with Crippen molar-refractivity contribution in [2.24, 2.45) is 0 Å². The van der Waals surface area contributed by atoms with Crippen molar-refractivity contribution in [3.05, 3.63) is 18.3 Å². The topological polar surface area (TPSA) is 34.1 Å². The van der Waals surface area contributed by atoms with Crippen LogP contribution in [0.4, 0.5) is 5.82 Å². The van der Waals surface area contributed by atoms with Crippen LogP contribution in [-0.2, 0) is 0 Å². The van der Waals surface area contributed by atoms with Crippen molar-refractivity contribution < 1.29 is 4.74 Å². The summed E-state index contributed by atoms with van der Waals surface area (Å²) >= 11 is 1.89. The average molecular weight is 240 g/mol.